The second kappa shape index (κ2) is 9.51. The maximum Gasteiger partial charge on any atom is 0.511 e. The Hall–Kier alpha value is -2.31. The van der Waals surface area contributed by atoms with E-state index < -0.39 is 28.1 Å². The molecule has 1 aliphatic carbocycles. The average molecular weight is 489 g/mol. The zero-order valence-corrected chi connectivity index (χ0v) is 19.0. The molecular formula is C21H27F3N4O4S. The molecule has 1 aromatic heterocycles. The van der Waals surface area contributed by atoms with Gasteiger partial charge in [-0.15, -0.1) is 0 Å². The molecule has 0 spiro atoms. The number of anilines is 1. The lowest BCUT2D eigenvalue weighted by atomic mass is 10.1. The van der Waals surface area contributed by atoms with Crippen molar-refractivity contribution < 1.29 is 31.1 Å². The van der Waals surface area contributed by atoms with Crippen LogP contribution < -0.4 is 9.64 Å². The molecule has 1 saturated carbocycles. The van der Waals surface area contributed by atoms with Crippen molar-refractivity contribution in [2.75, 3.05) is 25.2 Å². The predicted molar refractivity (Wildman–Crippen MR) is 115 cm³/mol. The zero-order valence-electron chi connectivity index (χ0n) is 18.2. The van der Waals surface area contributed by atoms with Gasteiger partial charge in [0.15, 0.2) is 0 Å². The first-order valence-electron chi connectivity index (χ1n) is 10.8. The van der Waals surface area contributed by atoms with Crippen molar-refractivity contribution in [2.45, 2.75) is 56.4 Å². The fraction of sp³-hybridized carbons (Fsp3) is 0.571. The molecular weight excluding hydrogens is 461 g/mol. The molecule has 1 aromatic carbocycles. The van der Waals surface area contributed by atoms with Gasteiger partial charge in [0.05, 0.1) is 44.4 Å². The van der Waals surface area contributed by atoms with Crippen LogP contribution in [0.5, 0.6) is 5.75 Å². The topological polar surface area (TPSA) is 87.8 Å². The summed E-state index contributed by atoms with van der Waals surface area (Å²) in [5.74, 6) is 0.321. The first kappa shape index (κ1) is 23.8. The maximum atomic E-state index is 13.6. The molecule has 8 nitrogen and oxygen atoms in total. The summed E-state index contributed by atoms with van der Waals surface area (Å²) in [5.41, 5.74) is -3.70. The highest BCUT2D eigenvalue weighted by atomic mass is 32.2. The van der Waals surface area contributed by atoms with E-state index in [2.05, 4.69) is 9.97 Å². The van der Waals surface area contributed by atoms with E-state index in [0.29, 0.717) is 27.9 Å². The van der Waals surface area contributed by atoms with E-state index in [1.165, 1.54) is 13.4 Å². The summed E-state index contributed by atoms with van der Waals surface area (Å²) in [5, 5.41) is 0. The molecule has 0 bridgehead atoms. The molecule has 0 unspecified atom stereocenters. The third kappa shape index (κ3) is 4.97. The first-order chi connectivity index (χ1) is 15.7. The SMILES string of the molecule is COc1cccc2c1CN(S(=O)(=O)C(F)(F)F)C[C@H](COC1CCCC1)N2Cc1cnc[nH]1. The number of sulfonamides is 1. The number of benzene rings is 1. The summed E-state index contributed by atoms with van der Waals surface area (Å²) >= 11 is 0. The number of ether oxygens (including phenoxy) is 2. The van der Waals surface area contributed by atoms with Crippen molar-refractivity contribution in [3.63, 3.8) is 0 Å². The third-order valence-corrected chi connectivity index (χ3v) is 7.72. The van der Waals surface area contributed by atoms with E-state index in [1.54, 1.807) is 24.4 Å². The predicted octanol–water partition coefficient (Wildman–Crippen LogP) is 3.42. The van der Waals surface area contributed by atoms with E-state index in [9.17, 15) is 21.6 Å². The highest BCUT2D eigenvalue weighted by Gasteiger charge is 2.51. The van der Waals surface area contributed by atoms with Gasteiger partial charge in [-0.3, -0.25) is 0 Å². The van der Waals surface area contributed by atoms with Crippen molar-refractivity contribution >= 4 is 15.7 Å². The standard InChI is InChI=1S/C21H27F3N4O4S/c1-31-20-8-4-7-19-18(20)12-27(33(29,30)21(22,23)24)11-16(13-32-17-5-2-3-6-17)28(19)10-15-9-25-14-26-15/h4,7-9,14,16-17H,2-3,5-6,10-13H2,1H3,(H,25,26)/t16-/m1/s1. The second-order valence-corrected chi connectivity index (χ2v) is 10.2. The number of H-pyrrole nitrogens is 1. The van der Waals surface area contributed by atoms with Crippen LogP contribution in [0.3, 0.4) is 0 Å². The molecule has 1 atom stereocenters. The van der Waals surface area contributed by atoms with Gasteiger partial charge in [0.25, 0.3) is 0 Å². The minimum absolute atomic E-state index is 0.0275. The summed E-state index contributed by atoms with van der Waals surface area (Å²) in [6, 6.07) is 4.46. The molecule has 182 valence electrons. The van der Waals surface area contributed by atoms with Gasteiger partial charge in [0.1, 0.15) is 5.75 Å². The average Bonchev–Trinajstić information content (AvgIpc) is 3.45. The van der Waals surface area contributed by atoms with E-state index in [-0.39, 0.29) is 19.3 Å². The Kier molecular flexibility index (Phi) is 6.87. The van der Waals surface area contributed by atoms with Gasteiger partial charge in [0, 0.05) is 30.5 Å². The third-order valence-electron chi connectivity index (χ3n) is 6.18. The number of aromatic nitrogens is 2. The normalized spacial score (nSPS) is 20.6. The van der Waals surface area contributed by atoms with Gasteiger partial charge in [0.2, 0.25) is 0 Å². The number of nitrogens with zero attached hydrogens (tertiary/aromatic N) is 3. The Labute approximate surface area is 190 Å². The number of nitrogens with one attached hydrogen (secondary N) is 1. The smallest absolute Gasteiger partial charge is 0.496 e. The molecule has 0 amide bonds. The summed E-state index contributed by atoms with van der Waals surface area (Å²) in [6.45, 7) is -0.445. The molecule has 33 heavy (non-hydrogen) atoms. The van der Waals surface area contributed by atoms with Gasteiger partial charge in [-0.05, 0) is 25.0 Å². The van der Waals surface area contributed by atoms with Crippen LogP contribution in [-0.2, 0) is 27.8 Å². The molecule has 1 fully saturated rings. The lowest BCUT2D eigenvalue weighted by Crippen LogP contribution is -2.49. The van der Waals surface area contributed by atoms with Gasteiger partial charge < -0.3 is 19.4 Å². The van der Waals surface area contributed by atoms with Crippen molar-refractivity contribution in [3.05, 3.63) is 42.0 Å². The number of methoxy groups -OCH3 is 1. The Morgan fingerprint density at radius 2 is 2.00 bits per heavy atom. The van der Waals surface area contributed by atoms with Gasteiger partial charge in [-0.1, -0.05) is 18.9 Å². The number of hydrogen-bond donors (Lipinski definition) is 1. The van der Waals surface area contributed by atoms with Crippen LogP contribution in [0.4, 0.5) is 18.9 Å². The number of alkyl halides is 3. The quantitative estimate of drug-likeness (QED) is 0.643. The summed E-state index contributed by atoms with van der Waals surface area (Å²) < 4.78 is 77.6. The summed E-state index contributed by atoms with van der Waals surface area (Å²) in [7, 11) is -4.17. The number of rotatable bonds is 7. The molecule has 1 N–H and O–H groups in total. The highest BCUT2D eigenvalue weighted by molar-refractivity contribution is 7.89. The molecule has 2 aliphatic rings. The lowest BCUT2D eigenvalue weighted by Gasteiger charge is -2.34. The van der Waals surface area contributed by atoms with Crippen molar-refractivity contribution in [3.8, 4) is 5.75 Å². The second-order valence-electron chi connectivity index (χ2n) is 8.30. The van der Waals surface area contributed by atoms with Crippen molar-refractivity contribution in [1.82, 2.24) is 14.3 Å². The summed E-state index contributed by atoms with van der Waals surface area (Å²) in [4.78, 5) is 8.92. The van der Waals surface area contributed by atoms with Crippen LogP contribution >= 0.6 is 0 Å². The van der Waals surface area contributed by atoms with E-state index in [1.807, 2.05) is 4.90 Å². The van der Waals surface area contributed by atoms with Crippen molar-refractivity contribution in [2.24, 2.45) is 0 Å². The zero-order chi connectivity index (χ0) is 23.6. The number of aromatic amines is 1. The van der Waals surface area contributed by atoms with Crippen LogP contribution in [0, 0.1) is 0 Å². The van der Waals surface area contributed by atoms with Crippen LogP contribution in [0.25, 0.3) is 0 Å². The minimum atomic E-state index is -5.57. The fourth-order valence-corrected chi connectivity index (χ4v) is 5.45. The molecule has 1 aliphatic heterocycles. The Balaban J connectivity index is 1.77. The Morgan fingerprint density at radius 1 is 1.24 bits per heavy atom. The maximum absolute atomic E-state index is 13.6. The van der Waals surface area contributed by atoms with Gasteiger partial charge >= 0.3 is 15.5 Å². The molecule has 2 aromatic rings. The van der Waals surface area contributed by atoms with Crippen LogP contribution in [0.1, 0.15) is 36.9 Å². The van der Waals surface area contributed by atoms with Crippen LogP contribution in [0.2, 0.25) is 0 Å². The number of fused-ring (bicyclic) bond motifs is 1. The minimum Gasteiger partial charge on any atom is -0.496 e. The van der Waals surface area contributed by atoms with Gasteiger partial charge in [-0.25, -0.2) is 13.4 Å². The first-order valence-corrected chi connectivity index (χ1v) is 12.2. The van der Waals surface area contributed by atoms with Crippen LogP contribution in [0.15, 0.2) is 30.7 Å². The Morgan fingerprint density at radius 3 is 2.64 bits per heavy atom. The molecule has 0 saturated heterocycles. The van der Waals surface area contributed by atoms with E-state index in [4.69, 9.17) is 9.47 Å². The number of hydrogen-bond acceptors (Lipinski definition) is 6. The van der Waals surface area contributed by atoms with E-state index in [0.717, 1.165) is 31.4 Å². The van der Waals surface area contributed by atoms with Crippen molar-refractivity contribution in [1.29, 1.82) is 0 Å². The molecule has 2 heterocycles. The molecule has 0 radical (unpaired) electrons. The molecule has 4 rings (SSSR count). The Bertz CT molecular complexity index is 1040. The highest BCUT2D eigenvalue weighted by Crippen LogP contribution is 2.39. The van der Waals surface area contributed by atoms with E-state index >= 15 is 0 Å². The van der Waals surface area contributed by atoms with Crippen LogP contribution in [-0.4, -0.2) is 60.6 Å². The number of halogens is 3. The lowest BCUT2D eigenvalue weighted by molar-refractivity contribution is -0.0495. The fourth-order valence-electron chi connectivity index (χ4n) is 4.49. The monoisotopic (exact) mass is 488 g/mol. The largest absolute Gasteiger partial charge is 0.511 e. The van der Waals surface area contributed by atoms with Gasteiger partial charge in [-0.2, -0.15) is 17.5 Å². The number of imidazole rings is 1. The molecule has 12 heteroatoms. The summed E-state index contributed by atoms with van der Waals surface area (Å²) in [6.07, 6.45) is 7.04.